The molecule has 0 heterocycles. The largest absolute Gasteiger partial charge is 0.384 e. The van der Waals surface area contributed by atoms with E-state index in [9.17, 15) is 9.59 Å². The van der Waals surface area contributed by atoms with Gasteiger partial charge in [0.1, 0.15) is 5.84 Å². The molecule has 0 atom stereocenters. The maximum atomic E-state index is 11.8. The first-order valence-electron chi connectivity index (χ1n) is 7.58. The Kier molecular flexibility index (Phi) is 7.53. The van der Waals surface area contributed by atoms with Crippen LogP contribution in [0.4, 0.5) is 5.69 Å². The summed E-state index contributed by atoms with van der Waals surface area (Å²) in [5.41, 5.74) is 7.18. The van der Waals surface area contributed by atoms with Gasteiger partial charge in [0.05, 0.1) is 0 Å². The zero-order chi connectivity index (χ0) is 17.2. The van der Waals surface area contributed by atoms with Crippen molar-refractivity contribution in [1.29, 1.82) is 5.41 Å². The number of benzene rings is 1. The van der Waals surface area contributed by atoms with Crippen LogP contribution >= 0.6 is 0 Å². The Bertz CT molecular complexity index is 579. The summed E-state index contributed by atoms with van der Waals surface area (Å²) in [7, 11) is 0. The average Bonchev–Trinajstić information content (AvgIpc) is 2.50. The van der Waals surface area contributed by atoms with E-state index in [2.05, 4.69) is 17.2 Å². The fourth-order valence-electron chi connectivity index (χ4n) is 1.90. The molecule has 0 aliphatic rings. The highest BCUT2D eigenvalue weighted by Gasteiger charge is 2.04. The highest BCUT2D eigenvalue weighted by Crippen LogP contribution is 2.10. The van der Waals surface area contributed by atoms with Crippen molar-refractivity contribution in [1.82, 2.24) is 5.32 Å². The fourth-order valence-corrected chi connectivity index (χ4v) is 1.90. The summed E-state index contributed by atoms with van der Waals surface area (Å²) in [6, 6.07) is 6.84. The van der Waals surface area contributed by atoms with Crippen LogP contribution in [0.15, 0.2) is 36.4 Å². The third kappa shape index (κ3) is 7.26. The van der Waals surface area contributed by atoms with Crippen molar-refractivity contribution in [2.24, 2.45) is 5.73 Å². The molecule has 0 aliphatic heterocycles. The molecule has 0 saturated heterocycles. The second-order valence-electron chi connectivity index (χ2n) is 5.39. The molecule has 0 spiro atoms. The van der Waals surface area contributed by atoms with Crippen molar-refractivity contribution in [2.75, 3.05) is 11.9 Å². The number of rotatable bonds is 9. The molecule has 1 rings (SSSR count). The molecule has 124 valence electrons. The second-order valence-corrected chi connectivity index (χ2v) is 5.39. The molecule has 0 bridgehead atoms. The lowest BCUT2D eigenvalue weighted by molar-refractivity contribution is -0.118. The smallest absolute Gasteiger partial charge is 0.246 e. The molecular formula is C17H24N4O2. The van der Waals surface area contributed by atoms with Gasteiger partial charge in [-0.05, 0) is 44.0 Å². The maximum Gasteiger partial charge on any atom is 0.246 e. The van der Waals surface area contributed by atoms with E-state index in [1.54, 1.807) is 31.2 Å². The zero-order valence-electron chi connectivity index (χ0n) is 13.4. The highest BCUT2D eigenvalue weighted by molar-refractivity contribution is 5.96. The van der Waals surface area contributed by atoms with Crippen molar-refractivity contribution >= 4 is 23.3 Å². The van der Waals surface area contributed by atoms with Crippen LogP contribution in [-0.2, 0) is 9.59 Å². The van der Waals surface area contributed by atoms with Gasteiger partial charge in [-0.15, -0.1) is 0 Å². The molecule has 1 aromatic carbocycles. The number of nitrogens with two attached hydrogens (primary N) is 1. The van der Waals surface area contributed by atoms with Crippen LogP contribution in [-0.4, -0.2) is 24.2 Å². The van der Waals surface area contributed by atoms with Crippen LogP contribution in [0.2, 0.25) is 0 Å². The first-order chi connectivity index (χ1) is 10.9. The summed E-state index contributed by atoms with van der Waals surface area (Å²) in [5, 5.41) is 12.9. The van der Waals surface area contributed by atoms with E-state index >= 15 is 0 Å². The van der Waals surface area contributed by atoms with Crippen molar-refractivity contribution in [3.05, 3.63) is 42.0 Å². The van der Waals surface area contributed by atoms with Gasteiger partial charge in [0.25, 0.3) is 0 Å². The summed E-state index contributed by atoms with van der Waals surface area (Å²) >= 11 is 0. The van der Waals surface area contributed by atoms with Crippen LogP contribution in [0.5, 0.6) is 0 Å². The van der Waals surface area contributed by atoms with Crippen molar-refractivity contribution in [3.8, 4) is 0 Å². The fraction of sp³-hybridized carbons (Fsp3) is 0.353. The Balaban J connectivity index is 2.18. The van der Waals surface area contributed by atoms with Gasteiger partial charge >= 0.3 is 0 Å². The molecule has 1 aromatic rings. The average molecular weight is 316 g/mol. The number of carbonyl (C=O) groups is 2. The number of nitrogens with one attached hydrogen (secondary N) is 3. The summed E-state index contributed by atoms with van der Waals surface area (Å²) in [6.07, 6.45) is 2.90. The van der Waals surface area contributed by atoms with Gasteiger partial charge in [-0.3, -0.25) is 15.0 Å². The number of amides is 2. The maximum absolute atomic E-state index is 11.8. The highest BCUT2D eigenvalue weighted by atomic mass is 16.2. The molecule has 0 aromatic heterocycles. The zero-order valence-corrected chi connectivity index (χ0v) is 13.4. The third-order valence-corrected chi connectivity index (χ3v) is 3.23. The monoisotopic (exact) mass is 316 g/mol. The summed E-state index contributed by atoms with van der Waals surface area (Å²) < 4.78 is 0. The van der Waals surface area contributed by atoms with Gasteiger partial charge in [-0.2, -0.15) is 0 Å². The number of hydrogen-bond donors (Lipinski definition) is 4. The molecular weight excluding hydrogens is 292 g/mol. The van der Waals surface area contributed by atoms with Crippen molar-refractivity contribution in [2.45, 2.75) is 32.6 Å². The minimum Gasteiger partial charge on any atom is -0.384 e. The number of carbonyl (C=O) groups excluding carboxylic acids is 2. The SMILES string of the molecule is C=C(C)C(=O)NCCCCCC(=O)Nc1ccc(C(=N)N)cc1. The van der Waals surface area contributed by atoms with E-state index in [-0.39, 0.29) is 17.6 Å². The van der Waals surface area contributed by atoms with E-state index in [1.807, 2.05) is 0 Å². The number of amidine groups is 1. The Morgan fingerprint density at radius 1 is 1.17 bits per heavy atom. The molecule has 2 amide bonds. The Labute approximate surface area is 136 Å². The van der Waals surface area contributed by atoms with E-state index in [1.165, 1.54) is 0 Å². The quantitative estimate of drug-likeness (QED) is 0.243. The van der Waals surface area contributed by atoms with Crippen LogP contribution in [0.1, 0.15) is 38.2 Å². The predicted octanol–water partition coefficient (Wildman–Crippen LogP) is 2.16. The lowest BCUT2D eigenvalue weighted by Crippen LogP contribution is -2.24. The standard InChI is InChI=1S/C17H24N4O2/c1-12(2)17(23)20-11-5-3-4-6-15(22)21-14-9-7-13(8-10-14)16(18)19/h7-10H,1,3-6,11H2,2H3,(H3,18,19)(H,20,23)(H,21,22). The van der Waals surface area contributed by atoms with Gasteiger partial charge in [-0.1, -0.05) is 13.0 Å². The normalized spacial score (nSPS) is 9.96. The van der Waals surface area contributed by atoms with Crippen LogP contribution < -0.4 is 16.4 Å². The van der Waals surface area contributed by atoms with Gasteiger partial charge in [0.15, 0.2) is 0 Å². The topological polar surface area (TPSA) is 108 Å². The molecule has 23 heavy (non-hydrogen) atoms. The Morgan fingerprint density at radius 2 is 1.83 bits per heavy atom. The minimum absolute atomic E-state index is 0.00150. The van der Waals surface area contributed by atoms with E-state index in [0.29, 0.717) is 29.8 Å². The lowest BCUT2D eigenvalue weighted by atomic mass is 10.1. The third-order valence-electron chi connectivity index (χ3n) is 3.23. The van der Waals surface area contributed by atoms with Gasteiger partial charge in [-0.25, -0.2) is 0 Å². The van der Waals surface area contributed by atoms with Crippen molar-refractivity contribution in [3.63, 3.8) is 0 Å². The van der Waals surface area contributed by atoms with Gasteiger partial charge < -0.3 is 16.4 Å². The van der Waals surface area contributed by atoms with Gasteiger partial charge in [0, 0.05) is 29.8 Å². The molecule has 0 radical (unpaired) electrons. The number of unbranched alkanes of at least 4 members (excludes halogenated alkanes) is 2. The number of hydrogen-bond acceptors (Lipinski definition) is 3. The van der Waals surface area contributed by atoms with Crippen LogP contribution in [0.3, 0.4) is 0 Å². The Hall–Kier alpha value is -2.63. The molecule has 6 heteroatoms. The molecule has 0 saturated carbocycles. The molecule has 0 aliphatic carbocycles. The van der Waals surface area contributed by atoms with Crippen molar-refractivity contribution < 1.29 is 9.59 Å². The molecule has 0 fully saturated rings. The van der Waals surface area contributed by atoms with E-state index in [0.717, 1.165) is 19.3 Å². The molecule has 0 unspecified atom stereocenters. The molecule has 6 nitrogen and oxygen atoms in total. The van der Waals surface area contributed by atoms with Gasteiger partial charge in [0.2, 0.25) is 11.8 Å². The predicted molar refractivity (Wildman–Crippen MR) is 92.4 cm³/mol. The summed E-state index contributed by atoms with van der Waals surface area (Å²) in [6.45, 7) is 5.83. The molecule has 5 N–H and O–H groups in total. The summed E-state index contributed by atoms with van der Waals surface area (Å²) in [4.78, 5) is 23.1. The Morgan fingerprint density at radius 3 is 2.39 bits per heavy atom. The van der Waals surface area contributed by atoms with E-state index < -0.39 is 0 Å². The van der Waals surface area contributed by atoms with Crippen LogP contribution in [0.25, 0.3) is 0 Å². The number of nitrogen functional groups attached to an aromatic ring is 1. The number of anilines is 1. The summed E-state index contributed by atoms with van der Waals surface area (Å²) in [5.74, 6) is -0.176. The minimum atomic E-state index is -0.128. The van der Waals surface area contributed by atoms with E-state index in [4.69, 9.17) is 11.1 Å². The first kappa shape index (κ1) is 18.4. The second kappa shape index (κ2) is 9.40. The van der Waals surface area contributed by atoms with Crippen LogP contribution in [0, 0.1) is 5.41 Å². The first-order valence-corrected chi connectivity index (χ1v) is 7.58. The lowest BCUT2D eigenvalue weighted by Gasteiger charge is -2.07.